The molecule has 0 aliphatic heterocycles. The summed E-state index contributed by atoms with van der Waals surface area (Å²) in [6.45, 7) is 0. The van der Waals surface area contributed by atoms with Crippen molar-refractivity contribution in [3.8, 4) is 0 Å². The lowest BCUT2D eigenvalue weighted by Crippen LogP contribution is -2.52. The van der Waals surface area contributed by atoms with Crippen LogP contribution in [-0.4, -0.2) is 30.0 Å². The topological polar surface area (TPSA) is 20.3 Å². The van der Waals surface area contributed by atoms with Crippen LogP contribution in [0.5, 0.6) is 0 Å². The Kier molecular flexibility index (Phi) is 3.95. The van der Waals surface area contributed by atoms with Crippen molar-refractivity contribution in [3.05, 3.63) is 35.4 Å². The van der Waals surface area contributed by atoms with E-state index in [4.69, 9.17) is 0 Å². The molecule has 116 valence electrons. The second-order valence-electron chi connectivity index (χ2n) is 5.10. The maximum absolute atomic E-state index is 13.2. The van der Waals surface area contributed by atoms with E-state index >= 15 is 0 Å². The van der Waals surface area contributed by atoms with Crippen LogP contribution in [0.3, 0.4) is 0 Å². The molecule has 1 atom stereocenters. The first-order chi connectivity index (χ1) is 9.66. The molecule has 0 heterocycles. The van der Waals surface area contributed by atoms with Gasteiger partial charge in [0, 0.05) is 7.05 Å². The minimum absolute atomic E-state index is 0.368. The van der Waals surface area contributed by atoms with Gasteiger partial charge in [-0.05, 0) is 30.4 Å². The lowest BCUT2D eigenvalue weighted by molar-refractivity contribution is -0.274. The summed E-state index contributed by atoms with van der Waals surface area (Å²) < 4.78 is 63.3. The fourth-order valence-electron chi connectivity index (χ4n) is 2.61. The summed E-state index contributed by atoms with van der Waals surface area (Å²) in [6.07, 6.45) is -4.15. The number of halogens is 5. The fourth-order valence-corrected chi connectivity index (χ4v) is 2.61. The second-order valence-corrected chi connectivity index (χ2v) is 5.10. The molecular weight excluding hydrogens is 293 g/mol. The molecule has 0 N–H and O–H groups in total. The molecule has 21 heavy (non-hydrogen) atoms. The molecule has 1 aromatic carbocycles. The highest BCUT2D eigenvalue weighted by molar-refractivity contribution is 5.84. The number of aryl methyl sites for hydroxylation is 1. The zero-order valence-electron chi connectivity index (χ0n) is 11.3. The maximum Gasteiger partial charge on any atom is 0.463 e. The molecule has 1 amide bonds. The highest BCUT2D eigenvalue weighted by atomic mass is 19.4. The third-order valence-corrected chi connectivity index (χ3v) is 3.75. The smallest absolute Gasteiger partial charge is 0.333 e. The molecule has 0 saturated carbocycles. The van der Waals surface area contributed by atoms with Gasteiger partial charge in [0.25, 0.3) is 0 Å². The molecule has 2 rings (SSSR count). The molecule has 1 unspecified atom stereocenters. The SMILES string of the molecule is CN(C(=O)C(F)(F)C(F)(F)F)C1CCCc2ccccc21. The van der Waals surface area contributed by atoms with Gasteiger partial charge in [0.2, 0.25) is 0 Å². The largest absolute Gasteiger partial charge is 0.463 e. The standard InChI is InChI=1S/C14H14F5NO/c1-20(12(21)13(15,16)14(17,18)19)11-8-4-6-9-5-2-3-7-10(9)11/h2-3,5,7,11H,4,6,8H2,1H3. The molecule has 0 aromatic heterocycles. The Morgan fingerprint density at radius 3 is 2.43 bits per heavy atom. The van der Waals surface area contributed by atoms with E-state index < -0.39 is 24.0 Å². The Morgan fingerprint density at radius 2 is 1.81 bits per heavy atom. The number of alkyl halides is 5. The third-order valence-electron chi connectivity index (χ3n) is 3.75. The van der Waals surface area contributed by atoms with Gasteiger partial charge in [-0.15, -0.1) is 0 Å². The number of hydrogen-bond acceptors (Lipinski definition) is 1. The van der Waals surface area contributed by atoms with Crippen LogP contribution >= 0.6 is 0 Å². The van der Waals surface area contributed by atoms with E-state index in [1.807, 2.05) is 0 Å². The average molecular weight is 307 g/mol. The van der Waals surface area contributed by atoms with E-state index in [1.54, 1.807) is 24.3 Å². The van der Waals surface area contributed by atoms with Crippen LogP contribution in [0, 0.1) is 0 Å². The summed E-state index contributed by atoms with van der Waals surface area (Å²) in [4.78, 5) is 12.1. The van der Waals surface area contributed by atoms with Crippen molar-refractivity contribution >= 4 is 5.91 Å². The number of carbonyl (C=O) groups excluding carboxylic acids is 1. The summed E-state index contributed by atoms with van der Waals surface area (Å²) in [5, 5.41) is 0. The number of benzene rings is 1. The number of carbonyl (C=O) groups is 1. The first-order valence-electron chi connectivity index (χ1n) is 6.46. The van der Waals surface area contributed by atoms with Crippen molar-refractivity contribution in [1.29, 1.82) is 0 Å². The van der Waals surface area contributed by atoms with E-state index in [9.17, 15) is 26.7 Å². The van der Waals surface area contributed by atoms with Crippen molar-refractivity contribution in [1.82, 2.24) is 4.90 Å². The lowest BCUT2D eigenvalue weighted by atomic mass is 9.87. The molecule has 0 bridgehead atoms. The summed E-state index contributed by atoms with van der Waals surface area (Å²) in [5.74, 6) is -7.58. The first-order valence-corrected chi connectivity index (χ1v) is 6.46. The fraction of sp³-hybridized carbons (Fsp3) is 0.500. The van der Waals surface area contributed by atoms with Gasteiger partial charge in [0.05, 0.1) is 6.04 Å². The minimum atomic E-state index is -5.88. The summed E-state index contributed by atoms with van der Waals surface area (Å²) >= 11 is 0. The Hall–Kier alpha value is -1.66. The number of nitrogens with zero attached hydrogens (tertiary/aromatic N) is 1. The zero-order chi connectivity index (χ0) is 15.8. The zero-order valence-corrected chi connectivity index (χ0v) is 11.3. The number of fused-ring (bicyclic) bond motifs is 1. The van der Waals surface area contributed by atoms with Crippen molar-refractivity contribution in [2.24, 2.45) is 0 Å². The molecule has 1 aromatic rings. The molecule has 0 fully saturated rings. The molecule has 0 saturated heterocycles. The number of amides is 1. The Balaban J connectivity index is 2.30. The van der Waals surface area contributed by atoms with Crippen molar-refractivity contribution in [2.75, 3.05) is 7.05 Å². The van der Waals surface area contributed by atoms with Crippen molar-refractivity contribution < 1.29 is 26.7 Å². The summed E-state index contributed by atoms with van der Waals surface area (Å²) in [6, 6.07) is 6.15. The van der Waals surface area contributed by atoms with E-state index in [0.29, 0.717) is 23.3 Å². The van der Waals surface area contributed by atoms with Gasteiger partial charge in [-0.1, -0.05) is 24.3 Å². The maximum atomic E-state index is 13.2. The minimum Gasteiger partial charge on any atom is -0.333 e. The van der Waals surface area contributed by atoms with Gasteiger partial charge < -0.3 is 4.90 Å². The first kappa shape index (κ1) is 15.7. The van der Waals surface area contributed by atoms with E-state index in [-0.39, 0.29) is 0 Å². The van der Waals surface area contributed by atoms with Gasteiger partial charge in [0.1, 0.15) is 0 Å². The predicted molar refractivity (Wildman–Crippen MR) is 65.9 cm³/mol. The normalized spacial score (nSPS) is 19.0. The highest BCUT2D eigenvalue weighted by Gasteiger charge is 2.64. The van der Waals surface area contributed by atoms with Crippen LogP contribution in [-0.2, 0) is 11.2 Å². The van der Waals surface area contributed by atoms with Crippen molar-refractivity contribution in [2.45, 2.75) is 37.4 Å². The van der Waals surface area contributed by atoms with Gasteiger partial charge in [-0.2, -0.15) is 22.0 Å². The summed E-state index contributed by atoms with van der Waals surface area (Å²) in [7, 11) is 0.995. The second kappa shape index (κ2) is 5.27. The highest BCUT2D eigenvalue weighted by Crippen LogP contribution is 2.40. The molecule has 2 nitrogen and oxygen atoms in total. The molecular formula is C14H14F5NO. The van der Waals surface area contributed by atoms with Crippen LogP contribution in [0.4, 0.5) is 22.0 Å². The number of hydrogen-bond donors (Lipinski definition) is 0. The number of rotatable bonds is 2. The Morgan fingerprint density at radius 1 is 1.19 bits per heavy atom. The molecule has 0 radical (unpaired) electrons. The summed E-state index contributed by atoms with van der Waals surface area (Å²) in [5.41, 5.74) is 1.52. The molecule has 1 aliphatic carbocycles. The average Bonchev–Trinajstić information content (AvgIpc) is 2.44. The predicted octanol–water partition coefficient (Wildman–Crippen LogP) is 3.72. The van der Waals surface area contributed by atoms with Gasteiger partial charge in [0.15, 0.2) is 0 Å². The van der Waals surface area contributed by atoms with E-state index in [2.05, 4.69) is 0 Å². The van der Waals surface area contributed by atoms with Gasteiger partial charge >= 0.3 is 18.0 Å². The van der Waals surface area contributed by atoms with Crippen LogP contribution in [0.2, 0.25) is 0 Å². The van der Waals surface area contributed by atoms with Crippen LogP contribution in [0.1, 0.15) is 30.0 Å². The monoisotopic (exact) mass is 307 g/mol. The Bertz CT molecular complexity index is 540. The van der Waals surface area contributed by atoms with E-state index in [0.717, 1.165) is 19.0 Å². The molecule has 1 aliphatic rings. The van der Waals surface area contributed by atoms with Crippen LogP contribution in [0.25, 0.3) is 0 Å². The van der Waals surface area contributed by atoms with Crippen LogP contribution in [0.15, 0.2) is 24.3 Å². The molecule has 7 heteroatoms. The van der Waals surface area contributed by atoms with Crippen molar-refractivity contribution in [3.63, 3.8) is 0 Å². The van der Waals surface area contributed by atoms with Gasteiger partial charge in [-0.3, -0.25) is 4.79 Å². The lowest BCUT2D eigenvalue weighted by Gasteiger charge is -2.35. The molecule has 0 spiro atoms. The van der Waals surface area contributed by atoms with Crippen LogP contribution < -0.4 is 0 Å². The quantitative estimate of drug-likeness (QED) is 0.763. The van der Waals surface area contributed by atoms with Gasteiger partial charge in [-0.25, -0.2) is 0 Å². The van der Waals surface area contributed by atoms with E-state index in [1.165, 1.54) is 0 Å². The third kappa shape index (κ3) is 2.73. The Labute approximate surface area is 118 Å².